The van der Waals surface area contributed by atoms with Gasteiger partial charge in [-0.3, -0.25) is 4.72 Å². The SMILES string of the molecule is Cc1nnc(CN2Cc3cc(Cl)c4c(Cl)c[nH]c4c3NS2(=O)=O)o1. The number of hydrogen-bond donors (Lipinski definition) is 2. The highest BCUT2D eigenvalue weighted by Gasteiger charge is 2.32. The topological polar surface area (TPSA) is 104 Å². The Hall–Kier alpha value is -1.81. The summed E-state index contributed by atoms with van der Waals surface area (Å²) in [5.74, 6) is 0.593. The van der Waals surface area contributed by atoms with Crippen LogP contribution in [0.2, 0.25) is 10.0 Å². The third-order valence-electron chi connectivity index (χ3n) is 3.74. The molecule has 2 N–H and O–H groups in total. The Morgan fingerprint density at radius 1 is 1.33 bits per heavy atom. The van der Waals surface area contributed by atoms with Gasteiger partial charge in [-0.25, -0.2) is 0 Å². The molecule has 0 fully saturated rings. The van der Waals surface area contributed by atoms with Gasteiger partial charge in [0.05, 0.1) is 27.8 Å². The van der Waals surface area contributed by atoms with E-state index in [1.54, 1.807) is 19.2 Å². The van der Waals surface area contributed by atoms with E-state index in [4.69, 9.17) is 27.6 Å². The number of nitrogens with zero attached hydrogens (tertiary/aromatic N) is 3. The molecule has 0 atom stereocenters. The van der Waals surface area contributed by atoms with Crippen LogP contribution in [0, 0.1) is 6.92 Å². The molecule has 1 aliphatic heterocycles. The normalized spacial score (nSPS) is 17.0. The number of benzene rings is 1. The molecule has 0 radical (unpaired) electrons. The van der Waals surface area contributed by atoms with Crippen LogP contribution in [0.25, 0.3) is 10.9 Å². The van der Waals surface area contributed by atoms with Crippen molar-refractivity contribution in [3.8, 4) is 0 Å². The number of aromatic amines is 1. The Balaban J connectivity index is 1.79. The van der Waals surface area contributed by atoms with Crippen molar-refractivity contribution in [1.82, 2.24) is 19.5 Å². The number of nitrogens with one attached hydrogen (secondary N) is 2. The van der Waals surface area contributed by atoms with Gasteiger partial charge in [0, 0.05) is 25.1 Å². The molecule has 3 aromatic rings. The molecule has 24 heavy (non-hydrogen) atoms. The standard InChI is InChI=1S/C13H11Cl2N5O3S/c1-6-17-18-10(23-6)5-20-4-7-2-8(14)11-9(15)3-16-13(11)12(7)19-24(20,21)22/h2-3,16,19H,4-5H2,1H3. The van der Waals surface area contributed by atoms with Crippen molar-refractivity contribution in [2.45, 2.75) is 20.0 Å². The van der Waals surface area contributed by atoms with Crippen molar-refractivity contribution in [1.29, 1.82) is 0 Å². The molecule has 0 amide bonds. The molecule has 1 aliphatic rings. The Morgan fingerprint density at radius 2 is 2.12 bits per heavy atom. The maximum Gasteiger partial charge on any atom is 0.302 e. The molecule has 3 heterocycles. The zero-order chi connectivity index (χ0) is 17.1. The van der Waals surface area contributed by atoms with Crippen molar-refractivity contribution < 1.29 is 12.8 Å². The molecule has 2 aromatic heterocycles. The second kappa shape index (κ2) is 5.35. The summed E-state index contributed by atoms with van der Waals surface area (Å²) in [7, 11) is -3.77. The van der Waals surface area contributed by atoms with Crippen molar-refractivity contribution >= 4 is 50.0 Å². The van der Waals surface area contributed by atoms with Crippen molar-refractivity contribution in [3.05, 3.63) is 39.7 Å². The number of hydrogen-bond acceptors (Lipinski definition) is 5. The van der Waals surface area contributed by atoms with Crippen molar-refractivity contribution in [3.63, 3.8) is 0 Å². The van der Waals surface area contributed by atoms with Gasteiger partial charge in [0.2, 0.25) is 11.8 Å². The number of aryl methyl sites for hydroxylation is 1. The number of halogens is 2. The highest BCUT2D eigenvalue weighted by Crippen LogP contribution is 2.40. The lowest BCUT2D eigenvalue weighted by molar-refractivity contribution is 0.344. The monoisotopic (exact) mass is 387 g/mol. The summed E-state index contributed by atoms with van der Waals surface area (Å²) in [4.78, 5) is 2.96. The molecular weight excluding hydrogens is 377 g/mol. The lowest BCUT2D eigenvalue weighted by atomic mass is 10.1. The van der Waals surface area contributed by atoms with Crippen LogP contribution in [-0.4, -0.2) is 27.9 Å². The van der Waals surface area contributed by atoms with E-state index in [2.05, 4.69) is 19.9 Å². The summed E-state index contributed by atoms with van der Waals surface area (Å²) >= 11 is 12.4. The molecule has 0 aliphatic carbocycles. The first-order valence-electron chi connectivity index (χ1n) is 6.90. The molecule has 0 bridgehead atoms. The summed E-state index contributed by atoms with van der Waals surface area (Å²) < 4.78 is 34.1. The zero-order valence-electron chi connectivity index (χ0n) is 12.3. The minimum atomic E-state index is -3.77. The largest absolute Gasteiger partial charge is 0.424 e. The van der Waals surface area contributed by atoms with E-state index in [0.717, 1.165) is 5.56 Å². The number of fused-ring (bicyclic) bond motifs is 3. The van der Waals surface area contributed by atoms with Crippen LogP contribution in [0.15, 0.2) is 16.7 Å². The second-order valence-electron chi connectivity index (χ2n) is 5.37. The molecule has 0 saturated carbocycles. The van der Waals surface area contributed by atoms with Gasteiger partial charge >= 0.3 is 10.2 Å². The van der Waals surface area contributed by atoms with Gasteiger partial charge in [-0.2, -0.15) is 12.7 Å². The molecule has 126 valence electrons. The highest BCUT2D eigenvalue weighted by molar-refractivity contribution is 7.90. The van der Waals surface area contributed by atoms with Crippen molar-refractivity contribution in [2.24, 2.45) is 0 Å². The van der Waals surface area contributed by atoms with E-state index >= 15 is 0 Å². The smallest absolute Gasteiger partial charge is 0.302 e. The first kappa shape index (κ1) is 15.7. The number of aromatic nitrogens is 3. The molecule has 4 rings (SSSR count). The second-order valence-corrected chi connectivity index (χ2v) is 7.85. The molecule has 0 spiro atoms. The maximum absolute atomic E-state index is 12.5. The lowest BCUT2D eigenvalue weighted by Gasteiger charge is -2.28. The minimum absolute atomic E-state index is 0.0310. The van der Waals surface area contributed by atoms with Crippen LogP contribution in [0.1, 0.15) is 17.3 Å². The van der Waals surface area contributed by atoms with Crippen LogP contribution in [0.3, 0.4) is 0 Å². The quantitative estimate of drug-likeness (QED) is 0.703. The predicted octanol–water partition coefficient (Wildman–Crippen LogP) is 2.84. The summed E-state index contributed by atoms with van der Waals surface area (Å²) in [6.45, 7) is 1.73. The van der Waals surface area contributed by atoms with Gasteiger partial charge in [0.25, 0.3) is 0 Å². The minimum Gasteiger partial charge on any atom is -0.424 e. The fraction of sp³-hybridized carbons (Fsp3) is 0.231. The summed E-state index contributed by atoms with van der Waals surface area (Å²) in [5, 5.41) is 9.00. The van der Waals surface area contributed by atoms with E-state index in [1.807, 2.05) is 0 Å². The highest BCUT2D eigenvalue weighted by atomic mass is 35.5. The van der Waals surface area contributed by atoms with Gasteiger partial charge in [-0.15, -0.1) is 10.2 Å². The fourth-order valence-electron chi connectivity index (χ4n) is 2.69. The van der Waals surface area contributed by atoms with Crippen molar-refractivity contribution in [2.75, 3.05) is 4.72 Å². The van der Waals surface area contributed by atoms with Gasteiger partial charge in [-0.05, 0) is 11.6 Å². The van der Waals surface area contributed by atoms with Crippen LogP contribution >= 0.6 is 23.2 Å². The summed E-state index contributed by atoms with van der Waals surface area (Å²) in [6.07, 6.45) is 1.57. The van der Waals surface area contributed by atoms with E-state index < -0.39 is 10.2 Å². The molecule has 8 nitrogen and oxygen atoms in total. The molecule has 1 aromatic carbocycles. The van der Waals surface area contributed by atoms with E-state index in [1.165, 1.54) is 4.31 Å². The van der Waals surface area contributed by atoms with Crippen LogP contribution in [0.5, 0.6) is 0 Å². The zero-order valence-corrected chi connectivity index (χ0v) is 14.6. The van der Waals surface area contributed by atoms with Crippen LogP contribution in [0.4, 0.5) is 5.69 Å². The predicted molar refractivity (Wildman–Crippen MR) is 89.1 cm³/mol. The average molecular weight is 388 g/mol. The number of rotatable bonds is 2. The molecule has 0 unspecified atom stereocenters. The van der Waals surface area contributed by atoms with Gasteiger partial charge < -0.3 is 9.40 Å². The first-order valence-corrected chi connectivity index (χ1v) is 9.09. The molecule has 11 heteroatoms. The maximum atomic E-state index is 12.5. The lowest BCUT2D eigenvalue weighted by Crippen LogP contribution is -2.39. The molecule has 0 saturated heterocycles. The summed E-state index contributed by atoms with van der Waals surface area (Å²) in [5.41, 5.74) is 1.72. The van der Waals surface area contributed by atoms with Crippen LogP contribution < -0.4 is 4.72 Å². The average Bonchev–Trinajstić information content (AvgIpc) is 3.08. The Morgan fingerprint density at radius 3 is 2.83 bits per heavy atom. The fourth-order valence-corrected chi connectivity index (χ4v) is 4.53. The number of anilines is 1. The Bertz CT molecular complexity index is 1060. The van der Waals surface area contributed by atoms with Gasteiger partial charge in [-0.1, -0.05) is 23.2 Å². The third-order valence-corrected chi connectivity index (χ3v) is 5.74. The number of H-pyrrole nitrogens is 1. The van der Waals surface area contributed by atoms with Crippen LogP contribution in [-0.2, 0) is 23.3 Å². The Labute approximate surface area is 146 Å². The van der Waals surface area contributed by atoms with E-state index in [0.29, 0.717) is 32.5 Å². The molecular formula is C13H11Cl2N5O3S. The first-order chi connectivity index (χ1) is 11.3. The Kier molecular flexibility index (Phi) is 3.50. The van der Waals surface area contributed by atoms with Gasteiger partial charge in [0.1, 0.15) is 0 Å². The van der Waals surface area contributed by atoms with E-state index in [-0.39, 0.29) is 19.0 Å². The summed E-state index contributed by atoms with van der Waals surface area (Å²) in [6, 6.07) is 1.70. The van der Waals surface area contributed by atoms with Gasteiger partial charge in [0.15, 0.2) is 0 Å². The van der Waals surface area contributed by atoms with E-state index in [9.17, 15) is 8.42 Å². The third kappa shape index (κ3) is 2.44.